The minimum Gasteiger partial charge on any atom is -0.497 e. The Kier molecular flexibility index (Phi) is 9.52. The predicted octanol–water partition coefficient (Wildman–Crippen LogP) is 7.33. The summed E-state index contributed by atoms with van der Waals surface area (Å²) in [4.78, 5) is 40.1. The Balaban J connectivity index is 1.70. The fraction of sp³-hybridized carbons (Fsp3) is 0.586. The van der Waals surface area contributed by atoms with E-state index in [1.165, 1.54) is 24.1 Å². The zero-order chi connectivity index (χ0) is 31.0. The Morgan fingerprint density at radius 3 is 2.14 bits per heavy atom. The molecule has 0 radical (unpaired) electrons. The summed E-state index contributed by atoms with van der Waals surface area (Å²) >= 11 is 12.7. The normalized spacial score (nSPS) is 21.1. The number of nitrogens with zero attached hydrogens (tertiary/aromatic N) is 3. The number of halogens is 5. The van der Waals surface area contributed by atoms with Crippen molar-refractivity contribution in [2.24, 2.45) is 11.3 Å². The van der Waals surface area contributed by atoms with Gasteiger partial charge in [0.25, 0.3) is 5.91 Å². The molecular formula is C29H34Cl2F3N3O5. The lowest BCUT2D eigenvalue weighted by atomic mass is 9.75. The molecule has 0 aliphatic heterocycles. The number of hydrogen-bond acceptors (Lipinski definition) is 5. The van der Waals surface area contributed by atoms with Crippen LogP contribution in [0.2, 0.25) is 10.0 Å². The Labute approximate surface area is 252 Å². The number of amides is 1. The van der Waals surface area contributed by atoms with Gasteiger partial charge in [-0.2, -0.15) is 18.3 Å². The van der Waals surface area contributed by atoms with Gasteiger partial charge in [0, 0.05) is 6.04 Å². The van der Waals surface area contributed by atoms with E-state index in [0.29, 0.717) is 18.6 Å². The highest BCUT2D eigenvalue weighted by molar-refractivity contribution is 6.40. The highest BCUT2D eigenvalue weighted by Gasteiger charge is 2.44. The standard InChI is InChI=1S/C29H34Cl2F3N3O5/c1-28(2)10-8-17(9-11-28)36(15-23(38)24-21(30)12-19(42-3)13-22(24)31)26(39)20-14-35-37(25(20)29(32,33)34)18-6-4-16(5-7-18)27(40)41/h12-14,16-18H,4-11,15H2,1-3H3,(H,40,41)/t16-,18-. The largest absolute Gasteiger partial charge is 0.497 e. The number of carbonyl (C=O) groups is 3. The number of aromatic nitrogens is 2. The van der Waals surface area contributed by atoms with Gasteiger partial charge in [-0.05, 0) is 68.9 Å². The summed E-state index contributed by atoms with van der Waals surface area (Å²) in [5, 5.41) is 13.3. The molecule has 0 bridgehead atoms. The SMILES string of the molecule is COc1cc(Cl)c(C(=O)CN(C(=O)c2cnn([C@H]3CC[C@H](C(=O)O)CC3)c2C(F)(F)F)C2CCC(C)(C)CC2)c(Cl)c1. The van der Waals surface area contributed by atoms with Crippen LogP contribution < -0.4 is 4.74 Å². The summed E-state index contributed by atoms with van der Waals surface area (Å²) in [7, 11) is 1.41. The number of carbonyl (C=O) groups excluding carboxylic acids is 2. The van der Waals surface area contributed by atoms with Crippen molar-refractivity contribution in [1.29, 1.82) is 0 Å². The molecule has 0 unspecified atom stereocenters. The maximum Gasteiger partial charge on any atom is 0.433 e. The Morgan fingerprint density at radius 2 is 1.64 bits per heavy atom. The highest BCUT2D eigenvalue weighted by atomic mass is 35.5. The molecule has 2 saturated carbocycles. The first-order valence-corrected chi connectivity index (χ1v) is 14.6. The first-order chi connectivity index (χ1) is 19.6. The Hall–Kier alpha value is -2.79. The van der Waals surface area contributed by atoms with E-state index in [1.54, 1.807) is 0 Å². The summed E-state index contributed by atoms with van der Waals surface area (Å²) in [5.41, 5.74) is -1.89. The van der Waals surface area contributed by atoms with Crippen molar-refractivity contribution >= 4 is 40.9 Å². The summed E-state index contributed by atoms with van der Waals surface area (Å²) in [6.07, 6.45) is -0.770. The molecular weight excluding hydrogens is 598 g/mol. The number of ketones is 1. The maximum atomic E-state index is 14.5. The number of Topliss-reactive ketones (excluding diaryl/α,β-unsaturated/α-hetero) is 1. The van der Waals surface area contributed by atoms with Crippen LogP contribution in [0.3, 0.4) is 0 Å². The van der Waals surface area contributed by atoms with Crippen LogP contribution in [-0.2, 0) is 11.0 Å². The molecule has 1 aromatic heterocycles. The first kappa shape index (κ1) is 32.1. The second kappa shape index (κ2) is 12.4. The molecule has 230 valence electrons. The number of hydrogen-bond donors (Lipinski definition) is 1. The van der Waals surface area contributed by atoms with Crippen molar-refractivity contribution in [1.82, 2.24) is 14.7 Å². The van der Waals surface area contributed by atoms with Crippen molar-refractivity contribution in [3.63, 3.8) is 0 Å². The van der Waals surface area contributed by atoms with Crippen molar-refractivity contribution in [2.75, 3.05) is 13.7 Å². The molecule has 2 aliphatic rings. The molecule has 13 heteroatoms. The minimum absolute atomic E-state index is 0.00212. The van der Waals surface area contributed by atoms with E-state index < -0.39 is 59.6 Å². The van der Waals surface area contributed by atoms with Crippen molar-refractivity contribution in [3.05, 3.63) is 45.2 Å². The second-order valence-electron chi connectivity index (χ2n) is 11.9. The first-order valence-electron chi connectivity index (χ1n) is 13.9. The molecule has 1 aromatic carbocycles. The van der Waals surface area contributed by atoms with E-state index in [0.717, 1.165) is 23.7 Å². The van der Waals surface area contributed by atoms with Crippen LogP contribution >= 0.6 is 23.2 Å². The average Bonchev–Trinajstić information content (AvgIpc) is 3.37. The summed E-state index contributed by atoms with van der Waals surface area (Å²) < 4.78 is 49.5. The van der Waals surface area contributed by atoms with Crippen LogP contribution in [0.5, 0.6) is 5.75 Å². The maximum absolute atomic E-state index is 14.5. The fourth-order valence-corrected chi connectivity index (χ4v) is 6.71. The van der Waals surface area contributed by atoms with E-state index in [1.807, 2.05) is 0 Å². The van der Waals surface area contributed by atoms with Gasteiger partial charge in [-0.3, -0.25) is 19.1 Å². The van der Waals surface area contributed by atoms with Gasteiger partial charge in [0.05, 0.1) is 53.0 Å². The van der Waals surface area contributed by atoms with E-state index >= 15 is 0 Å². The van der Waals surface area contributed by atoms with Gasteiger partial charge in [-0.1, -0.05) is 37.0 Å². The van der Waals surface area contributed by atoms with Crippen LogP contribution in [0.25, 0.3) is 0 Å². The monoisotopic (exact) mass is 631 g/mol. The van der Waals surface area contributed by atoms with Crippen LogP contribution in [0.15, 0.2) is 18.3 Å². The summed E-state index contributed by atoms with van der Waals surface area (Å²) in [6, 6.07) is 1.61. The minimum atomic E-state index is -4.92. The van der Waals surface area contributed by atoms with Gasteiger partial charge in [0.15, 0.2) is 11.5 Å². The quantitative estimate of drug-likeness (QED) is 0.306. The van der Waals surface area contributed by atoms with Gasteiger partial charge in [0.1, 0.15) is 5.75 Å². The Morgan fingerprint density at radius 1 is 1.07 bits per heavy atom. The van der Waals surface area contributed by atoms with Gasteiger partial charge in [0.2, 0.25) is 0 Å². The lowest BCUT2D eigenvalue weighted by molar-refractivity contribution is -0.147. The number of carboxylic acid groups (broad SMARTS) is 1. The topological polar surface area (TPSA) is 102 Å². The molecule has 1 heterocycles. The average molecular weight is 633 g/mol. The van der Waals surface area contributed by atoms with Gasteiger partial charge in [-0.15, -0.1) is 0 Å². The molecule has 4 rings (SSSR count). The van der Waals surface area contributed by atoms with Crippen molar-refractivity contribution in [2.45, 2.75) is 83.5 Å². The van der Waals surface area contributed by atoms with Crippen LogP contribution in [0, 0.1) is 11.3 Å². The number of ether oxygens (including phenoxy) is 1. The third-order valence-corrected chi connectivity index (χ3v) is 9.14. The predicted molar refractivity (Wildman–Crippen MR) is 150 cm³/mol. The van der Waals surface area contributed by atoms with Crippen LogP contribution in [0.4, 0.5) is 13.2 Å². The van der Waals surface area contributed by atoms with Gasteiger partial charge >= 0.3 is 12.1 Å². The molecule has 8 nitrogen and oxygen atoms in total. The molecule has 0 spiro atoms. The number of aliphatic carboxylic acids is 1. The summed E-state index contributed by atoms with van der Waals surface area (Å²) in [6.45, 7) is 3.65. The third-order valence-electron chi connectivity index (χ3n) is 8.54. The lowest BCUT2D eigenvalue weighted by Crippen LogP contribution is -2.46. The molecule has 2 fully saturated rings. The fourth-order valence-electron chi connectivity index (χ4n) is 6.03. The van der Waals surface area contributed by atoms with Crippen molar-refractivity contribution < 1.29 is 37.4 Å². The zero-order valence-electron chi connectivity index (χ0n) is 23.6. The third kappa shape index (κ3) is 6.88. The summed E-state index contributed by atoms with van der Waals surface area (Å²) in [5.74, 6) is -2.84. The number of carboxylic acids is 1. The van der Waals surface area contributed by atoms with Gasteiger partial charge < -0.3 is 14.7 Å². The molecule has 0 saturated heterocycles. The molecule has 0 atom stereocenters. The second-order valence-corrected chi connectivity index (χ2v) is 12.7. The zero-order valence-corrected chi connectivity index (χ0v) is 25.2. The van der Waals surface area contributed by atoms with E-state index in [4.69, 9.17) is 27.9 Å². The lowest BCUT2D eigenvalue weighted by Gasteiger charge is -2.40. The molecule has 42 heavy (non-hydrogen) atoms. The smallest absolute Gasteiger partial charge is 0.433 e. The molecule has 1 amide bonds. The molecule has 1 N–H and O–H groups in total. The number of methoxy groups -OCH3 is 1. The number of rotatable bonds is 8. The van der Waals surface area contributed by atoms with E-state index in [-0.39, 0.29) is 46.7 Å². The van der Waals surface area contributed by atoms with Crippen LogP contribution in [-0.4, -0.2) is 57.1 Å². The number of benzene rings is 1. The van der Waals surface area contributed by atoms with E-state index in [2.05, 4.69) is 18.9 Å². The van der Waals surface area contributed by atoms with Crippen LogP contribution in [0.1, 0.15) is 97.7 Å². The number of alkyl halides is 3. The molecule has 2 aromatic rings. The van der Waals surface area contributed by atoms with E-state index in [9.17, 15) is 32.7 Å². The molecule has 2 aliphatic carbocycles. The van der Waals surface area contributed by atoms with Crippen molar-refractivity contribution in [3.8, 4) is 5.75 Å². The Bertz CT molecular complexity index is 1320. The van der Waals surface area contributed by atoms with Gasteiger partial charge in [-0.25, -0.2) is 0 Å². The highest BCUT2D eigenvalue weighted by Crippen LogP contribution is 2.41.